The minimum atomic E-state index is -0.456. The van der Waals surface area contributed by atoms with Gasteiger partial charge in [-0.15, -0.1) is 11.6 Å². The molecule has 0 unspecified atom stereocenters. The number of hydrogen-bond acceptors (Lipinski definition) is 2. The van der Waals surface area contributed by atoms with E-state index in [4.69, 9.17) is 11.6 Å². The molecule has 1 aliphatic rings. The molecule has 1 amide bonds. The van der Waals surface area contributed by atoms with Crippen LogP contribution in [0.25, 0.3) is 0 Å². The minimum absolute atomic E-state index is 0.0847. The molecule has 1 aliphatic heterocycles. The first kappa shape index (κ1) is 14.8. The quantitative estimate of drug-likeness (QED) is 0.769. The van der Waals surface area contributed by atoms with Gasteiger partial charge in [-0.3, -0.25) is 4.79 Å². The number of nitrogens with one attached hydrogen (secondary N) is 1. The zero-order valence-electron chi connectivity index (χ0n) is 11.3. The lowest BCUT2D eigenvalue weighted by Crippen LogP contribution is -2.48. The van der Waals surface area contributed by atoms with Crippen molar-refractivity contribution in [3.8, 4) is 0 Å². The smallest absolute Gasteiger partial charge is 0.227 e. The minimum Gasteiger partial charge on any atom is -0.353 e. The Morgan fingerprint density at radius 1 is 1.41 bits per heavy atom. The summed E-state index contributed by atoms with van der Waals surface area (Å²) in [5.41, 5.74) is -0.456. The maximum absolute atomic E-state index is 12.0. The summed E-state index contributed by atoms with van der Waals surface area (Å²) in [6.07, 6.45) is 3.32. The Morgan fingerprint density at radius 2 is 2.00 bits per heavy atom. The van der Waals surface area contributed by atoms with Gasteiger partial charge in [0.15, 0.2) is 0 Å². The van der Waals surface area contributed by atoms with Crippen molar-refractivity contribution >= 4 is 17.5 Å². The van der Waals surface area contributed by atoms with E-state index in [0.717, 1.165) is 25.9 Å². The summed E-state index contributed by atoms with van der Waals surface area (Å²) in [5.74, 6) is 0.453. The highest BCUT2D eigenvalue weighted by Gasteiger charge is 2.29. The number of alkyl halides is 1. The molecule has 0 atom stereocenters. The van der Waals surface area contributed by atoms with E-state index in [2.05, 4.69) is 17.1 Å². The standard InChI is InChI=1S/C13H25ClN2O/c1-4-7-16-8-5-11(6-9-16)15-12(17)13(2,3)10-14/h11H,4-10H2,1-3H3,(H,15,17). The van der Waals surface area contributed by atoms with E-state index in [1.807, 2.05) is 13.8 Å². The van der Waals surface area contributed by atoms with Gasteiger partial charge in [0.2, 0.25) is 5.91 Å². The molecular formula is C13H25ClN2O. The number of rotatable bonds is 5. The normalized spacial score (nSPS) is 19.3. The highest BCUT2D eigenvalue weighted by Crippen LogP contribution is 2.19. The summed E-state index contributed by atoms with van der Waals surface area (Å²) < 4.78 is 0. The van der Waals surface area contributed by atoms with E-state index in [-0.39, 0.29) is 5.91 Å². The molecule has 0 aromatic carbocycles. The van der Waals surface area contributed by atoms with E-state index >= 15 is 0 Å². The summed E-state index contributed by atoms with van der Waals surface area (Å²) in [6, 6.07) is 0.332. The largest absolute Gasteiger partial charge is 0.353 e. The van der Waals surface area contributed by atoms with Crippen molar-refractivity contribution in [2.45, 2.75) is 46.1 Å². The second-order valence-corrected chi connectivity index (χ2v) is 5.87. The third kappa shape index (κ3) is 4.47. The predicted molar refractivity (Wildman–Crippen MR) is 72.4 cm³/mol. The van der Waals surface area contributed by atoms with Crippen LogP contribution < -0.4 is 5.32 Å². The number of amides is 1. The first-order chi connectivity index (χ1) is 7.99. The van der Waals surface area contributed by atoms with Crippen molar-refractivity contribution in [2.75, 3.05) is 25.5 Å². The SMILES string of the molecule is CCCN1CCC(NC(=O)C(C)(C)CCl)CC1. The lowest BCUT2D eigenvalue weighted by Gasteiger charge is -2.33. The highest BCUT2D eigenvalue weighted by molar-refractivity contribution is 6.19. The molecule has 0 aromatic rings. The Bertz CT molecular complexity index is 248. The summed E-state index contributed by atoms with van der Waals surface area (Å²) in [7, 11) is 0. The van der Waals surface area contributed by atoms with Crippen LogP contribution in [0.4, 0.5) is 0 Å². The number of likely N-dealkylation sites (tertiary alicyclic amines) is 1. The first-order valence-electron chi connectivity index (χ1n) is 6.59. The van der Waals surface area contributed by atoms with Gasteiger partial charge < -0.3 is 10.2 Å². The molecule has 0 aliphatic carbocycles. The van der Waals surface area contributed by atoms with Crippen molar-refractivity contribution in [1.29, 1.82) is 0 Å². The third-order valence-corrected chi connectivity index (χ3v) is 4.08. The molecule has 0 aromatic heterocycles. The van der Waals surface area contributed by atoms with Gasteiger partial charge in [-0.1, -0.05) is 6.92 Å². The number of hydrogen-bond donors (Lipinski definition) is 1. The Morgan fingerprint density at radius 3 is 2.47 bits per heavy atom. The predicted octanol–water partition coefficient (Wildman–Crippen LogP) is 2.24. The van der Waals surface area contributed by atoms with Gasteiger partial charge in [-0.05, 0) is 39.7 Å². The van der Waals surface area contributed by atoms with Crippen molar-refractivity contribution in [1.82, 2.24) is 10.2 Å². The van der Waals surface area contributed by atoms with E-state index in [1.165, 1.54) is 13.0 Å². The van der Waals surface area contributed by atoms with Crippen molar-refractivity contribution in [2.24, 2.45) is 5.41 Å². The Hall–Kier alpha value is -0.280. The molecule has 0 saturated carbocycles. The molecule has 0 radical (unpaired) electrons. The summed E-state index contributed by atoms with van der Waals surface area (Å²) in [4.78, 5) is 14.4. The molecule has 1 fully saturated rings. The van der Waals surface area contributed by atoms with E-state index in [0.29, 0.717) is 11.9 Å². The van der Waals surface area contributed by atoms with Gasteiger partial charge in [0, 0.05) is 25.0 Å². The van der Waals surface area contributed by atoms with Crippen LogP contribution in [0.3, 0.4) is 0 Å². The summed E-state index contributed by atoms with van der Waals surface area (Å²) in [6.45, 7) is 9.36. The fourth-order valence-electron chi connectivity index (χ4n) is 2.06. The lowest BCUT2D eigenvalue weighted by molar-refractivity contribution is -0.129. The lowest BCUT2D eigenvalue weighted by atomic mass is 9.93. The van der Waals surface area contributed by atoms with Gasteiger partial charge in [0.05, 0.1) is 5.41 Å². The average molecular weight is 261 g/mol. The molecule has 3 nitrogen and oxygen atoms in total. The Labute approximate surface area is 110 Å². The number of carbonyl (C=O) groups is 1. The second-order valence-electron chi connectivity index (χ2n) is 5.61. The van der Waals surface area contributed by atoms with Crippen LogP contribution in [0.1, 0.15) is 40.0 Å². The molecule has 4 heteroatoms. The van der Waals surface area contributed by atoms with E-state index in [9.17, 15) is 4.79 Å². The summed E-state index contributed by atoms with van der Waals surface area (Å²) >= 11 is 5.80. The van der Waals surface area contributed by atoms with Crippen LogP contribution >= 0.6 is 11.6 Å². The number of nitrogens with zero attached hydrogens (tertiary/aromatic N) is 1. The summed E-state index contributed by atoms with van der Waals surface area (Å²) in [5, 5.41) is 3.12. The number of piperidine rings is 1. The second kappa shape index (κ2) is 6.60. The van der Waals surface area contributed by atoms with Crippen molar-refractivity contribution in [3.05, 3.63) is 0 Å². The Balaban J connectivity index is 2.33. The van der Waals surface area contributed by atoms with Crippen LogP contribution in [-0.2, 0) is 4.79 Å². The zero-order chi connectivity index (χ0) is 12.9. The molecule has 17 heavy (non-hydrogen) atoms. The fourth-order valence-corrected chi connectivity index (χ4v) is 2.18. The molecule has 1 rings (SSSR count). The molecule has 1 heterocycles. The van der Waals surface area contributed by atoms with Crippen LogP contribution in [0.5, 0.6) is 0 Å². The molecule has 0 spiro atoms. The maximum Gasteiger partial charge on any atom is 0.227 e. The highest BCUT2D eigenvalue weighted by atomic mass is 35.5. The van der Waals surface area contributed by atoms with E-state index in [1.54, 1.807) is 0 Å². The first-order valence-corrected chi connectivity index (χ1v) is 7.12. The van der Waals surface area contributed by atoms with Gasteiger partial charge in [-0.25, -0.2) is 0 Å². The molecular weight excluding hydrogens is 236 g/mol. The molecule has 1 saturated heterocycles. The van der Waals surface area contributed by atoms with Crippen LogP contribution in [0, 0.1) is 5.41 Å². The van der Waals surface area contributed by atoms with Gasteiger partial charge in [0.25, 0.3) is 0 Å². The van der Waals surface area contributed by atoms with Gasteiger partial charge in [0.1, 0.15) is 0 Å². The number of carbonyl (C=O) groups excluding carboxylic acids is 1. The average Bonchev–Trinajstić information content (AvgIpc) is 2.32. The fraction of sp³-hybridized carbons (Fsp3) is 0.923. The molecule has 100 valence electrons. The third-order valence-electron chi connectivity index (χ3n) is 3.41. The zero-order valence-corrected chi connectivity index (χ0v) is 12.0. The maximum atomic E-state index is 12.0. The van der Waals surface area contributed by atoms with Crippen LogP contribution in [0.2, 0.25) is 0 Å². The monoisotopic (exact) mass is 260 g/mol. The van der Waals surface area contributed by atoms with Crippen LogP contribution in [0.15, 0.2) is 0 Å². The van der Waals surface area contributed by atoms with E-state index < -0.39 is 5.41 Å². The molecule has 0 bridgehead atoms. The molecule has 1 N–H and O–H groups in total. The van der Waals surface area contributed by atoms with Crippen molar-refractivity contribution in [3.63, 3.8) is 0 Å². The van der Waals surface area contributed by atoms with Gasteiger partial charge in [-0.2, -0.15) is 0 Å². The number of halogens is 1. The van der Waals surface area contributed by atoms with Crippen LogP contribution in [-0.4, -0.2) is 42.4 Å². The topological polar surface area (TPSA) is 32.3 Å². The Kier molecular flexibility index (Phi) is 5.74. The van der Waals surface area contributed by atoms with Crippen molar-refractivity contribution < 1.29 is 4.79 Å². The van der Waals surface area contributed by atoms with Gasteiger partial charge >= 0.3 is 0 Å².